The Bertz CT molecular complexity index is 546. The highest BCUT2D eigenvalue weighted by atomic mass is 16.5. The van der Waals surface area contributed by atoms with Crippen LogP contribution in [0.1, 0.15) is 16.8 Å². The Balaban J connectivity index is 2.22. The van der Waals surface area contributed by atoms with Crippen molar-refractivity contribution in [2.45, 2.75) is 12.5 Å². The first-order chi connectivity index (χ1) is 10.0. The minimum Gasteiger partial charge on any atom is -0.497 e. The highest BCUT2D eigenvalue weighted by molar-refractivity contribution is 5.99. The molecule has 1 aromatic rings. The molecule has 2 rings (SSSR count). The summed E-state index contributed by atoms with van der Waals surface area (Å²) in [6.07, 6.45) is -0.151. The number of carbonyl (C=O) groups excluding carboxylic acids is 1. The monoisotopic (exact) mass is 294 g/mol. The second-order valence-electron chi connectivity index (χ2n) is 4.78. The Morgan fingerprint density at radius 1 is 1.52 bits per heavy atom. The summed E-state index contributed by atoms with van der Waals surface area (Å²) in [4.78, 5) is 25.0. The minimum absolute atomic E-state index is 0.151. The summed E-state index contributed by atoms with van der Waals surface area (Å²) in [5.74, 6) is -0.691. The molecule has 1 atom stereocenters. The van der Waals surface area contributed by atoms with E-state index in [1.54, 1.807) is 18.2 Å². The molecule has 0 spiro atoms. The van der Waals surface area contributed by atoms with E-state index in [9.17, 15) is 9.59 Å². The Hall–Kier alpha value is -2.28. The third-order valence-corrected chi connectivity index (χ3v) is 3.39. The van der Waals surface area contributed by atoms with Gasteiger partial charge in [0.05, 0.1) is 38.3 Å². The minimum atomic E-state index is -0.967. The van der Waals surface area contributed by atoms with Crippen LogP contribution in [0.4, 0.5) is 5.69 Å². The molecule has 21 heavy (non-hydrogen) atoms. The van der Waals surface area contributed by atoms with Gasteiger partial charge in [-0.2, -0.15) is 0 Å². The topological polar surface area (TPSA) is 102 Å². The van der Waals surface area contributed by atoms with E-state index in [1.807, 2.05) is 0 Å². The van der Waals surface area contributed by atoms with Crippen molar-refractivity contribution in [3.8, 4) is 5.75 Å². The molecular formula is C14H18N2O5. The summed E-state index contributed by atoms with van der Waals surface area (Å²) in [5, 5.41) is 8.92. The highest BCUT2D eigenvalue weighted by Crippen LogP contribution is 2.23. The number of nitrogen functional groups attached to an aromatic ring is 1. The summed E-state index contributed by atoms with van der Waals surface area (Å²) in [6, 6.07) is 4.32. The van der Waals surface area contributed by atoms with Gasteiger partial charge in [0.25, 0.3) is 5.91 Å². The number of hydrogen-bond acceptors (Lipinski definition) is 5. The maximum absolute atomic E-state index is 12.6. The van der Waals surface area contributed by atoms with Crippen molar-refractivity contribution < 1.29 is 24.2 Å². The van der Waals surface area contributed by atoms with Crippen molar-refractivity contribution in [3.63, 3.8) is 0 Å². The maximum Gasteiger partial charge on any atom is 0.305 e. The van der Waals surface area contributed by atoms with E-state index in [0.717, 1.165) is 0 Å². The number of ether oxygens (including phenoxy) is 2. The summed E-state index contributed by atoms with van der Waals surface area (Å²) in [6.45, 7) is 0.953. The largest absolute Gasteiger partial charge is 0.497 e. The molecule has 7 heteroatoms. The number of aliphatic carboxylic acids is 1. The van der Waals surface area contributed by atoms with E-state index in [2.05, 4.69) is 0 Å². The Labute approximate surface area is 122 Å². The van der Waals surface area contributed by atoms with E-state index >= 15 is 0 Å². The first-order valence-corrected chi connectivity index (χ1v) is 6.57. The van der Waals surface area contributed by atoms with Crippen LogP contribution in [0.15, 0.2) is 18.2 Å². The quantitative estimate of drug-likeness (QED) is 0.788. The molecule has 114 valence electrons. The number of benzene rings is 1. The molecule has 1 aliphatic rings. The average Bonchev–Trinajstić information content (AvgIpc) is 2.46. The molecule has 0 radical (unpaired) electrons. The molecule has 1 saturated heterocycles. The zero-order valence-corrected chi connectivity index (χ0v) is 11.7. The predicted octanol–water partition coefficient (Wildman–Crippen LogP) is 0.593. The fourth-order valence-corrected chi connectivity index (χ4v) is 2.31. The number of carboxylic acid groups (broad SMARTS) is 1. The molecule has 7 nitrogen and oxygen atoms in total. The molecule has 0 bridgehead atoms. The van der Waals surface area contributed by atoms with E-state index in [4.69, 9.17) is 20.3 Å². The molecule has 0 aliphatic carbocycles. The Kier molecular flexibility index (Phi) is 4.64. The molecule has 1 aliphatic heterocycles. The third-order valence-electron chi connectivity index (χ3n) is 3.39. The van der Waals surface area contributed by atoms with E-state index in [-0.39, 0.29) is 18.9 Å². The molecule has 1 unspecified atom stereocenters. The maximum atomic E-state index is 12.6. The van der Waals surface area contributed by atoms with E-state index in [0.29, 0.717) is 30.2 Å². The van der Waals surface area contributed by atoms with Crippen LogP contribution in [-0.2, 0) is 9.53 Å². The van der Waals surface area contributed by atoms with Gasteiger partial charge in [0.2, 0.25) is 0 Å². The number of carboxylic acids is 1. The number of nitrogens with two attached hydrogens (primary N) is 1. The molecule has 1 aromatic carbocycles. The van der Waals surface area contributed by atoms with Gasteiger partial charge >= 0.3 is 5.97 Å². The van der Waals surface area contributed by atoms with Gasteiger partial charge in [-0.05, 0) is 12.1 Å². The number of anilines is 1. The second-order valence-corrected chi connectivity index (χ2v) is 4.78. The van der Waals surface area contributed by atoms with Crippen LogP contribution in [-0.4, -0.2) is 54.8 Å². The summed E-state index contributed by atoms with van der Waals surface area (Å²) in [5.41, 5.74) is 6.52. The zero-order valence-electron chi connectivity index (χ0n) is 11.7. The Morgan fingerprint density at radius 3 is 2.90 bits per heavy atom. The van der Waals surface area contributed by atoms with Crippen molar-refractivity contribution in [1.82, 2.24) is 4.90 Å². The lowest BCUT2D eigenvalue weighted by molar-refractivity contribution is -0.139. The normalized spacial score (nSPS) is 18.3. The standard InChI is InChI=1S/C14H18N2O5/c1-20-10-2-3-11(12(15)7-10)14(19)16-4-5-21-8-9(16)6-13(17)18/h2-3,7,9H,4-6,8,15H2,1H3,(H,17,18). The van der Waals surface area contributed by atoms with Gasteiger partial charge in [0, 0.05) is 18.3 Å². The summed E-state index contributed by atoms with van der Waals surface area (Å²) < 4.78 is 10.3. The lowest BCUT2D eigenvalue weighted by Gasteiger charge is -2.35. The molecule has 0 aromatic heterocycles. The van der Waals surface area contributed by atoms with Crippen LogP contribution in [0.25, 0.3) is 0 Å². The lowest BCUT2D eigenvalue weighted by Crippen LogP contribution is -2.49. The highest BCUT2D eigenvalue weighted by Gasteiger charge is 2.30. The van der Waals surface area contributed by atoms with Gasteiger partial charge in [-0.15, -0.1) is 0 Å². The van der Waals surface area contributed by atoms with Gasteiger partial charge in [0.15, 0.2) is 0 Å². The third kappa shape index (κ3) is 3.43. The van der Waals surface area contributed by atoms with Gasteiger partial charge in [-0.25, -0.2) is 0 Å². The molecule has 1 amide bonds. The van der Waals surface area contributed by atoms with Crippen molar-refractivity contribution >= 4 is 17.6 Å². The van der Waals surface area contributed by atoms with E-state index < -0.39 is 12.0 Å². The van der Waals surface area contributed by atoms with Crippen LogP contribution in [0, 0.1) is 0 Å². The fraction of sp³-hybridized carbons (Fsp3) is 0.429. The first kappa shape index (κ1) is 15.1. The van der Waals surface area contributed by atoms with Crippen molar-refractivity contribution in [1.29, 1.82) is 0 Å². The second kappa shape index (κ2) is 6.45. The molecule has 1 fully saturated rings. The lowest BCUT2D eigenvalue weighted by atomic mass is 10.1. The Morgan fingerprint density at radius 2 is 2.29 bits per heavy atom. The van der Waals surface area contributed by atoms with Crippen molar-refractivity contribution in [2.24, 2.45) is 0 Å². The van der Waals surface area contributed by atoms with Crippen LogP contribution in [0.3, 0.4) is 0 Å². The molecule has 3 N–H and O–H groups in total. The SMILES string of the molecule is COc1ccc(C(=O)N2CCOCC2CC(=O)O)c(N)c1. The number of hydrogen-bond donors (Lipinski definition) is 2. The average molecular weight is 294 g/mol. The molecule has 0 saturated carbocycles. The van der Waals surface area contributed by atoms with Gasteiger partial charge in [0.1, 0.15) is 5.75 Å². The van der Waals surface area contributed by atoms with Gasteiger partial charge in [-0.1, -0.05) is 0 Å². The number of rotatable bonds is 4. The van der Waals surface area contributed by atoms with E-state index in [1.165, 1.54) is 12.0 Å². The van der Waals surface area contributed by atoms with Gasteiger partial charge in [-0.3, -0.25) is 9.59 Å². The fourth-order valence-electron chi connectivity index (χ4n) is 2.31. The molecule has 1 heterocycles. The van der Waals surface area contributed by atoms with Crippen LogP contribution < -0.4 is 10.5 Å². The first-order valence-electron chi connectivity index (χ1n) is 6.57. The van der Waals surface area contributed by atoms with Crippen molar-refractivity contribution in [2.75, 3.05) is 32.6 Å². The zero-order chi connectivity index (χ0) is 15.4. The number of nitrogens with zero attached hydrogens (tertiary/aromatic N) is 1. The van der Waals surface area contributed by atoms with Gasteiger partial charge < -0.3 is 25.2 Å². The smallest absolute Gasteiger partial charge is 0.305 e. The van der Waals surface area contributed by atoms with Crippen LogP contribution >= 0.6 is 0 Å². The summed E-state index contributed by atoms with van der Waals surface area (Å²) in [7, 11) is 1.52. The number of amides is 1. The number of morpholine rings is 1. The summed E-state index contributed by atoms with van der Waals surface area (Å²) >= 11 is 0. The predicted molar refractivity (Wildman–Crippen MR) is 75.3 cm³/mol. The molecular weight excluding hydrogens is 276 g/mol. The van der Waals surface area contributed by atoms with Crippen LogP contribution in [0.2, 0.25) is 0 Å². The number of carbonyl (C=O) groups is 2. The van der Waals surface area contributed by atoms with Crippen molar-refractivity contribution in [3.05, 3.63) is 23.8 Å². The number of methoxy groups -OCH3 is 1. The van der Waals surface area contributed by atoms with Crippen LogP contribution in [0.5, 0.6) is 5.75 Å².